The van der Waals surface area contributed by atoms with Gasteiger partial charge in [0.2, 0.25) is 5.91 Å². The van der Waals surface area contributed by atoms with Crippen molar-refractivity contribution >= 4 is 35.4 Å². The summed E-state index contributed by atoms with van der Waals surface area (Å²) < 4.78 is 50.3. The van der Waals surface area contributed by atoms with Gasteiger partial charge < -0.3 is 34.5 Å². The molecular weight excluding hydrogens is 481 g/mol. The first-order valence-electron chi connectivity index (χ1n) is 7.88. The molecule has 2 aliphatic heterocycles. The van der Waals surface area contributed by atoms with Crippen molar-refractivity contribution in [1.29, 1.82) is 0 Å². The Morgan fingerprint density at radius 2 is 1.77 bits per heavy atom. The number of rotatable bonds is 8. The molecule has 0 bridgehead atoms. The summed E-state index contributed by atoms with van der Waals surface area (Å²) in [5.41, 5.74) is -2.12. The minimum atomic E-state index is -5.73. The summed E-state index contributed by atoms with van der Waals surface area (Å²) >= 11 is 0. The lowest BCUT2D eigenvalue weighted by atomic mass is 9.96. The van der Waals surface area contributed by atoms with Gasteiger partial charge in [-0.05, 0) is 6.92 Å². The molecular formula is C10H19N2O15P3. The highest BCUT2D eigenvalue weighted by Gasteiger charge is 2.56. The molecule has 7 N–H and O–H groups in total. The molecule has 0 aliphatic carbocycles. The minimum Gasteiger partial charge on any atom is -0.387 e. The molecule has 2 saturated heterocycles. The highest BCUT2D eigenvalue weighted by Crippen LogP contribution is 2.66. The molecule has 6 atom stereocenters. The molecule has 2 fully saturated rings. The number of aliphatic hydroxyl groups excluding tert-OH is 1. The predicted octanol–water partition coefficient (Wildman–Crippen LogP) is -1.89. The molecule has 174 valence electrons. The summed E-state index contributed by atoms with van der Waals surface area (Å²) in [6.45, 7) is -0.121. The Balaban J connectivity index is 2.04. The zero-order valence-corrected chi connectivity index (χ0v) is 17.7. The molecule has 2 rings (SSSR count). The Hall–Kier alpha value is -0.770. The van der Waals surface area contributed by atoms with E-state index in [1.54, 1.807) is 0 Å². The Bertz CT molecular complexity index is 841. The monoisotopic (exact) mass is 500 g/mol. The second-order valence-electron chi connectivity index (χ2n) is 6.38. The Kier molecular flexibility index (Phi) is 7.34. The van der Waals surface area contributed by atoms with E-state index in [1.165, 1.54) is 0 Å². The van der Waals surface area contributed by atoms with Crippen molar-refractivity contribution in [2.75, 3.05) is 13.2 Å². The second-order valence-corrected chi connectivity index (χ2v) is 10.8. The number of phosphoric acid groups is 3. The number of carbonyl (C=O) groups excluding carboxylic acids is 2. The first-order valence-corrected chi connectivity index (χ1v) is 12.4. The average molecular weight is 500 g/mol. The summed E-state index contributed by atoms with van der Waals surface area (Å²) in [4.78, 5) is 59.5. The summed E-state index contributed by atoms with van der Waals surface area (Å²) in [6.07, 6.45) is -5.00. The molecule has 0 radical (unpaired) electrons. The number of carbonyl (C=O) groups is 2. The van der Waals surface area contributed by atoms with Crippen molar-refractivity contribution in [3.05, 3.63) is 0 Å². The van der Waals surface area contributed by atoms with Gasteiger partial charge in [0.05, 0.1) is 6.61 Å². The molecule has 0 saturated carbocycles. The summed E-state index contributed by atoms with van der Waals surface area (Å²) in [5, 5.41) is 22.7. The number of imide groups is 1. The average Bonchev–Trinajstić information content (AvgIpc) is 2.73. The predicted molar refractivity (Wildman–Crippen MR) is 90.0 cm³/mol. The first kappa shape index (κ1) is 25.5. The van der Waals surface area contributed by atoms with Crippen LogP contribution in [0.3, 0.4) is 0 Å². The highest BCUT2D eigenvalue weighted by molar-refractivity contribution is 7.66. The maximum absolute atomic E-state index is 11.9. The number of amides is 3. The number of hydrogen-bond donors (Lipinski definition) is 7. The highest BCUT2D eigenvalue weighted by atomic mass is 31.3. The van der Waals surface area contributed by atoms with Crippen molar-refractivity contribution in [3.63, 3.8) is 0 Å². The van der Waals surface area contributed by atoms with Crippen LogP contribution in [0.2, 0.25) is 0 Å². The van der Waals surface area contributed by atoms with Gasteiger partial charge in [0.25, 0.3) is 0 Å². The van der Waals surface area contributed by atoms with Crippen LogP contribution in [0.25, 0.3) is 0 Å². The third-order valence-corrected chi connectivity index (χ3v) is 7.75. The molecule has 0 aromatic carbocycles. The molecule has 20 heteroatoms. The summed E-state index contributed by atoms with van der Waals surface area (Å²) in [5.74, 6) is -0.571. The lowest BCUT2D eigenvalue weighted by Gasteiger charge is -2.37. The van der Waals surface area contributed by atoms with Gasteiger partial charge in [-0.25, -0.2) is 18.5 Å². The van der Waals surface area contributed by atoms with Crippen LogP contribution in [0.5, 0.6) is 0 Å². The number of ether oxygens (including phenoxy) is 1. The van der Waals surface area contributed by atoms with Crippen molar-refractivity contribution in [2.45, 2.75) is 37.4 Å². The summed E-state index contributed by atoms with van der Waals surface area (Å²) in [6, 6.07) is -0.919. The van der Waals surface area contributed by atoms with Gasteiger partial charge >= 0.3 is 29.5 Å². The van der Waals surface area contributed by atoms with E-state index in [0.717, 1.165) is 11.8 Å². The zero-order chi connectivity index (χ0) is 23.1. The molecule has 2 heterocycles. The van der Waals surface area contributed by atoms with Crippen LogP contribution < -0.4 is 5.32 Å². The number of aliphatic hydroxyl groups is 2. The van der Waals surface area contributed by atoms with Gasteiger partial charge in [-0.1, -0.05) is 0 Å². The van der Waals surface area contributed by atoms with Gasteiger partial charge in [0.1, 0.15) is 17.8 Å². The van der Waals surface area contributed by atoms with Gasteiger partial charge in [-0.2, -0.15) is 8.62 Å². The third-order valence-electron chi connectivity index (χ3n) is 3.94. The minimum absolute atomic E-state index is 0.121. The number of nitrogens with one attached hydrogen (secondary N) is 1. The second kappa shape index (κ2) is 8.64. The smallest absolute Gasteiger partial charge is 0.387 e. The Morgan fingerprint density at radius 3 is 2.30 bits per heavy atom. The molecule has 3 amide bonds. The Morgan fingerprint density at radius 1 is 1.17 bits per heavy atom. The normalized spacial score (nSPS) is 34.4. The maximum Gasteiger partial charge on any atom is 0.490 e. The molecule has 0 spiro atoms. The van der Waals surface area contributed by atoms with Gasteiger partial charge in [-0.15, -0.1) is 0 Å². The quantitative estimate of drug-likeness (QED) is 0.180. The van der Waals surface area contributed by atoms with E-state index >= 15 is 0 Å². The fourth-order valence-electron chi connectivity index (χ4n) is 2.69. The maximum atomic E-state index is 11.9. The molecule has 2 aliphatic rings. The lowest BCUT2D eigenvalue weighted by Crippen LogP contribution is -2.60. The zero-order valence-electron chi connectivity index (χ0n) is 15.0. The number of nitrogens with zero attached hydrogens (tertiary/aromatic N) is 1. The molecule has 0 aromatic rings. The number of phosphoric ester groups is 1. The SMILES string of the molecule is C[C@]1(O)C(N2CCC(=O)NC2=O)OC(COP(=O)(O)OP(=O)(O)OP(=O)(O)O)[C@H]1O. The Labute approximate surface area is 168 Å². The standard InChI is InChI=1S/C10H19N2O15P3/c1-10(16)7(14)5(25-8(10)12-3-2-6(13)11-9(12)15)4-24-29(20,21)27-30(22,23)26-28(17,18)19/h5,7-8,14,16H,2-4H2,1H3,(H,20,21)(H,22,23)(H,11,13,15)(H2,17,18,19)/t5?,7-,8?,10-/m1/s1. The van der Waals surface area contributed by atoms with E-state index in [-0.39, 0.29) is 13.0 Å². The molecule has 30 heavy (non-hydrogen) atoms. The van der Waals surface area contributed by atoms with E-state index in [2.05, 4.69) is 13.1 Å². The third kappa shape index (κ3) is 6.37. The van der Waals surface area contributed by atoms with Gasteiger partial charge in [-0.3, -0.25) is 19.5 Å². The van der Waals surface area contributed by atoms with Crippen molar-refractivity contribution in [1.82, 2.24) is 10.2 Å². The van der Waals surface area contributed by atoms with E-state index < -0.39 is 66.1 Å². The number of hydrogen-bond acceptors (Lipinski definition) is 11. The van der Waals surface area contributed by atoms with Crippen LogP contribution in [0, 0.1) is 0 Å². The van der Waals surface area contributed by atoms with Crippen LogP contribution in [-0.4, -0.2) is 83.8 Å². The van der Waals surface area contributed by atoms with E-state index in [9.17, 15) is 38.4 Å². The van der Waals surface area contributed by atoms with Crippen LogP contribution in [-0.2, 0) is 36.4 Å². The van der Waals surface area contributed by atoms with E-state index in [4.69, 9.17) is 19.4 Å². The van der Waals surface area contributed by atoms with Crippen molar-refractivity contribution in [2.24, 2.45) is 0 Å². The molecule has 0 aromatic heterocycles. The van der Waals surface area contributed by atoms with E-state index in [1.807, 2.05) is 5.32 Å². The van der Waals surface area contributed by atoms with Crippen LogP contribution in [0.1, 0.15) is 13.3 Å². The van der Waals surface area contributed by atoms with Crippen molar-refractivity contribution in [3.8, 4) is 0 Å². The summed E-state index contributed by atoms with van der Waals surface area (Å²) in [7, 11) is -16.8. The molecule has 4 unspecified atom stereocenters. The van der Waals surface area contributed by atoms with Crippen molar-refractivity contribution < 1.29 is 71.0 Å². The first-order chi connectivity index (χ1) is 13.4. The number of urea groups is 1. The van der Waals surface area contributed by atoms with E-state index in [0.29, 0.717) is 0 Å². The largest absolute Gasteiger partial charge is 0.490 e. The van der Waals surface area contributed by atoms with Crippen LogP contribution in [0.15, 0.2) is 0 Å². The fraction of sp³-hybridized carbons (Fsp3) is 0.800. The topological polar surface area (TPSA) is 259 Å². The fourth-order valence-corrected chi connectivity index (χ4v) is 5.72. The van der Waals surface area contributed by atoms with Crippen LogP contribution in [0.4, 0.5) is 4.79 Å². The van der Waals surface area contributed by atoms with Crippen LogP contribution >= 0.6 is 23.5 Å². The van der Waals surface area contributed by atoms with Gasteiger partial charge in [0, 0.05) is 13.0 Å². The molecule has 17 nitrogen and oxygen atoms in total. The lowest BCUT2D eigenvalue weighted by molar-refractivity contribution is -0.134. The van der Waals surface area contributed by atoms with Gasteiger partial charge in [0.15, 0.2) is 6.23 Å².